The van der Waals surface area contributed by atoms with Gasteiger partial charge in [0, 0.05) is 18.8 Å². The normalized spacial score (nSPS) is 21.2. The van der Waals surface area contributed by atoms with E-state index in [9.17, 15) is 9.59 Å². The van der Waals surface area contributed by atoms with E-state index in [1.807, 2.05) is 29.0 Å². The number of nitrogens with one attached hydrogen (secondary N) is 2. The number of pyridine rings is 1. The zero-order valence-electron chi connectivity index (χ0n) is 12.0. The third-order valence-electron chi connectivity index (χ3n) is 3.74. The summed E-state index contributed by atoms with van der Waals surface area (Å²) in [5.74, 6) is -0.0108. The van der Waals surface area contributed by atoms with E-state index in [0.29, 0.717) is 19.3 Å². The number of thiophene rings is 1. The minimum absolute atomic E-state index is 0.0361. The Balaban J connectivity index is 1.67. The topological polar surface area (TPSA) is 71.1 Å². The summed E-state index contributed by atoms with van der Waals surface area (Å²) in [6.07, 6.45) is 4.78. The van der Waals surface area contributed by atoms with Crippen LogP contribution in [-0.2, 0) is 16.0 Å². The smallest absolute Gasteiger partial charge is 0.224 e. The van der Waals surface area contributed by atoms with Gasteiger partial charge in [0.05, 0.1) is 18.5 Å². The Kier molecular flexibility index (Phi) is 4.48. The van der Waals surface area contributed by atoms with Crippen molar-refractivity contribution >= 4 is 23.2 Å². The molecular formula is C16H17N3O2S. The fourth-order valence-electron chi connectivity index (χ4n) is 2.67. The zero-order valence-corrected chi connectivity index (χ0v) is 12.8. The van der Waals surface area contributed by atoms with Gasteiger partial charge in [0.25, 0.3) is 0 Å². The number of hydrogen-bond acceptors (Lipinski definition) is 4. The molecule has 0 radical (unpaired) electrons. The van der Waals surface area contributed by atoms with E-state index in [2.05, 4.69) is 15.6 Å². The summed E-state index contributed by atoms with van der Waals surface area (Å²) in [6.45, 7) is 0. The van der Waals surface area contributed by atoms with Crippen LogP contribution in [0.1, 0.15) is 30.0 Å². The lowest BCUT2D eigenvalue weighted by Crippen LogP contribution is -2.50. The Morgan fingerprint density at radius 2 is 2.36 bits per heavy atom. The molecule has 22 heavy (non-hydrogen) atoms. The first-order valence-corrected chi connectivity index (χ1v) is 8.16. The lowest BCUT2D eigenvalue weighted by Gasteiger charge is -2.32. The number of rotatable bonds is 4. The summed E-state index contributed by atoms with van der Waals surface area (Å²) in [6, 6.07) is 5.46. The van der Waals surface area contributed by atoms with Crippen LogP contribution in [0.25, 0.3) is 0 Å². The zero-order chi connectivity index (χ0) is 15.4. The van der Waals surface area contributed by atoms with Crippen molar-refractivity contribution in [3.05, 3.63) is 52.5 Å². The molecule has 3 rings (SSSR count). The van der Waals surface area contributed by atoms with Crippen molar-refractivity contribution in [1.29, 1.82) is 0 Å². The molecule has 1 aliphatic heterocycles. The number of amides is 2. The summed E-state index contributed by atoms with van der Waals surface area (Å²) in [4.78, 5) is 27.9. The van der Waals surface area contributed by atoms with Crippen molar-refractivity contribution in [3.63, 3.8) is 0 Å². The Morgan fingerprint density at radius 1 is 1.45 bits per heavy atom. The molecule has 5 nitrogen and oxygen atoms in total. The van der Waals surface area contributed by atoms with Crippen LogP contribution >= 0.6 is 11.3 Å². The van der Waals surface area contributed by atoms with E-state index in [4.69, 9.17) is 0 Å². The fraction of sp³-hybridized carbons (Fsp3) is 0.312. The van der Waals surface area contributed by atoms with Crippen LogP contribution in [0.5, 0.6) is 0 Å². The number of piperidine rings is 1. The summed E-state index contributed by atoms with van der Waals surface area (Å²) in [5.41, 5.74) is 1.93. The Hall–Kier alpha value is -2.21. The molecule has 114 valence electrons. The van der Waals surface area contributed by atoms with Gasteiger partial charge in [-0.1, -0.05) is 6.07 Å². The second kappa shape index (κ2) is 6.70. The van der Waals surface area contributed by atoms with E-state index in [1.54, 1.807) is 23.7 Å². The van der Waals surface area contributed by atoms with Gasteiger partial charge in [-0.25, -0.2) is 0 Å². The van der Waals surface area contributed by atoms with Crippen LogP contribution < -0.4 is 10.6 Å². The lowest BCUT2D eigenvalue weighted by atomic mass is 9.93. The van der Waals surface area contributed by atoms with Gasteiger partial charge in [-0.2, -0.15) is 11.3 Å². The van der Waals surface area contributed by atoms with Crippen LogP contribution in [-0.4, -0.2) is 22.8 Å². The first-order valence-electron chi connectivity index (χ1n) is 7.22. The van der Waals surface area contributed by atoms with Gasteiger partial charge in [0.15, 0.2) is 0 Å². The van der Waals surface area contributed by atoms with E-state index in [-0.39, 0.29) is 23.9 Å². The Labute approximate surface area is 132 Å². The first kappa shape index (κ1) is 14.7. The number of carbonyl (C=O) groups excluding carboxylic acids is 2. The lowest BCUT2D eigenvalue weighted by molar-refractivity contribution is -0.126. The molecule has 0 spiro atoms. The molecule has 1 saturated heterocycles. The largest absolute Gasteiger partial charge is 0.351 e. The van der Waals surface area contributed by atoms with E-state index in [1.165, 1.54) is 0 Å². The molecule has 1 fully saturated rings. The molecule has 2 N–H and O–H groups in total. The highest BCUT2D eigenvalue weighted by Crippen LogP contribution is 2.26. The molecule has 2 aromatic rings. The molecule has 0 saturated carbocycles. The van der Waals surface area contributed by atoms with Gasteiger partial charge in [0.2, 0.25) is 11.8 Å². The highest BCUT2D eigenvalue weighted by Gasteiger charge is 2.31. The maximum Gasteiger partial charge on any atom is 0.224 e. The second-order valence-corrected chi connectivity index (χ2v) is 6.13. The summed E-state index contributed by atoms with van der Waals surface area (Å²) in [5, 5.41) is 10.0. The van der Waals surface area contributed by atoms with Gasteiger partial charge in [-0.15, -0.1) is 0 Å². The molecular weight excluding hydrogens is 298 g/mol. The van der Waals surface area contributed by atoms with Crippen molar-refractivity contribution in [1.82, 2.24) is 15.6 Å². The molecule has 0 aromatic carbocycles. The van der Waals surface area contributed by atoms with Gasteiger partial charge in [0.1, 0.15) is 0 Å². The molecule has 0 aliphatic carbocycles. The van der Waals surface area contributed by atoms with Crippen LogP contribution in [0.4, 0.5) is 0 Å². The van der Waals surface area contributed by atoms with Gasteiger partial charge < -0.3 is 10.6 Å². The molecule has 0 unspecified atom stereocenters. The van der Waals surface area contributed by atoms with Crippen molar-refractivity contribution in [3.8, 4) is 0 Å². The number of carbonyl (C=O) groups is 2. The molecule has 2 atom stereocenters. The van der Waals surface area contributed by atoms with Crippen LogP contribution in [0.2, 0.25) is 0 Å². The molecule has 0 bridgehead atoms. The summed E-state index contributed by atoms with van der Waals surface area (Å²) < 4.78 is 0. The quantitative estimate of drug-likeness (QED) is 0.904. The van der Waals surface area contributed by atoms with Crippen molar-refractivity contribution in [2.45, 2.75) is 31.3 Å². The number of aromatic nitrogens is 1. The number of hydrogen-bond donors (Lipinski definition) is 2. The highest BCUT2D eigenvalue weighted by atomic mass is 32.1. The minimum Gasteiger partial charge on any atom is -0.351 e. The fourth-order valence-corrected chi connectivity index (χ4v) is 3.37. The predicted octanol–water partition coefficient (Wildman–Crippen LogP) is 1.82. The predicted molar refractivity (Wildman–Crippen MR) is 84.3 cm³/mol. The molecule has 3 heterocycles. The SMILES string of the molecule is O=C(Cc1cccnc1)N[C@@H]1CCC(=O)N[C@H]1c1ccsc1. The van der Waals surface area contributed by atoms with Crippen molar-refractivity contribution < 1.29 is 9.59 Å². The highest BCUT2D eigenvalue weighted by molar-refractivity contribution is 7.08. The van der Waals surface area contributed by atoms with Gasteiger partial charge in [-0.05, 0) is 40.4 Å². The maximum atomic E-state index is 12.2. The second-order valence-electron chi connectivity index (χ2n) is 5.35. The Morgan fingerprint density at radius 3 is 3.09 bits per heavy atom. The molecule has 1 aliphatic rings. The first-order chi connectivity index (χ1) is 10.7. The molecule has 2 amide bonds. The average molecular weight is 315 g/mol. The monoisotopic (exact) mass is 315 g/mol. The average Bonchev–Trinajstić information content (AvgIpc) is 3.04. The maximum absolute atomic E-state index is 12.2. The third kappa shape index (κ3) is 3.51. The van der Waals surface area contributed by atoms with Crippen LogP contribution in [0.15, 0.2) is 41.4 Å². The van der Waals surface area contributed by atoms with Crippen LogP contribution in [0, 0.1) is 0 Å². The van der Waals surface area contributed by atoms with Gasteiger partial charge in [-0.3, -0.25) is 14.6 Å². The van der Waals surface area contributed by atoms with E-state index >= 15 is 0 Å². The summed E-state index contributed by atoms with van der Waals surface area (Å²) in [7, 11) is 0. The third-order valence-corrected chi connectivity index (χ3v) is 4.44. The molecule has 2 aromatic heterocycles. The van der Waals surface area contributed by atoms with Crippen molar-refractivity contribution in [2.24, 2.45) is 0 Å². The standard InChI is InChI=1S/C16H17N3O2S/c20-14-4-3-13(16(19-14)12-5-7-22-10-12)18-15(21)8-11-2-1-6-17-9-11/h1-2,5-7,9-10,13,16H,3-4,8H2,(H,18,21)(H,19,20)/t13-,16+/m1/s1. The van der Waals surface area contributed by atoms with E-state index in [0.717, 1.165) is 11.1 Å². The molecule has 6 heteroatoms. The van der Waals surface area contributed by atoms with Gasteiger partial charge >= 0.3 is 0 Å². The van der Waals surface area contributed by atoms with Crippen LogP contribution in [0.3, 0.4) is 0 Å². The minimum atomic E-state index is -0.148. The summed E-state index contributed by atoms with van der Waals surface area (Å²) >= 11 is 1.59. The Bertz CT molecular complexity index is 643. The number of nitrogens with zero attached hydrogens (tertiary/aromatic N) is 1. The van der Waals surface area contributed by atoms with Crippen molar-refractivity contribution in [2.75, 3.05) is 0 Å². The van der Waals surface area contributed by atoms with E-state index < -0.39 is 0 Å².